The van der Waals surface area contributed by atoms with Crippen LogP contribution in [0.3, 0.4) is 0 Å². The van der Waals surface area contributed by atoms with E-state index in [1.807, 2.05) is 26.0 Å². The number of Topliss-reactive ketones (excluding diaryl/α,β-unsaturated/α-hetero) is 1. The average Bonchev–Trinajstić information content (AvgIpc) is 3.50. The summed E-state index contributed by atoms with van der Waals surface area (Å²) < 4.78 is 0.591. The molecule has 1 aromatic carbocycles. The molecule has 3 amide bonds. The molecule has 10 heteroatoms. The molecule has 3 heterocycles. The standard InChI is InChI=1S/C29H37N5O5/c1-5-31(6-2)22-9-7-20(8-10-22)27(36)30-23(17-19(3)4)29(38)33-16-13-24-26(33)25(35)18-34(24)28(37)21-11-14-32(39)15-12-21/h7-12,14-15,19,23-24,26H,5-6,13,16-18H2,1-4H3,(H,30,36). The SMILES string of the molecule is CCN(CC)c1ccc(C(=O)NC(CC(C)C)C(=O)N2CCC3C2C(=O)CN3C(=O)c2cc[n+]([O-])cc2)cc1. The molecule has 39 heavy (non-hydrogen) atoms. The molecular formula is C29H37N5O5. The van der Waals surface area contributed by atoms with Gasteiger partial charge in [0, 0.05) is 43.0 Å². The fourth-order valence-electron chi connectivity index (χ4n) is 5.61. The molecule has 3 unspecified atom stereocenters. The fraction of sp³-hybridized carbons (Fsp3) is 0.483. The van der Waals surface area contributed by atoms with Crippen molar-refractivity contribution in [2.75, 3.05) is 31.1 Å². The molecule has 1 N–H and O–H groups in total. The first kappa shape index (κ1) is 28.1. The molecule has 3 atom stereocenters. The molecular weight excluding hydrogens is 498 g/mol. The molecule has 10 nitrogen and oxygen atoms in total. The van der Waals surface area contributed by atoms with Crippen LogP contribution in [0.4, 0.5) is 5.69 Å². The molecule has 0 bridgehead atoms. The molecule has 2 aliphatic heterocycles. The number of pyridine rings is 1. The molecule has 208 valence electrons. The molecule has 2 aromatic rings. The zero-order valence-corrected chi connectivity index (χ0v) is 23.0. The van der Waals surface area contributed by atoms with Gasteiger partial charge in [-0.25, -0.2) is 0 Å². The van der Waals surface area contributed by atoms with Crippen molar-refractivity contribution in [1.82, 2.24) is 15.1 Å². The third-order valence-corrected chi connectivity index (χ3v) is 7.58. The number of hydrogen-bond donors (Lipinski definition) is 1. The second kappa shape index (κ2) is 11.8. The predicted octanol–water partition coefficient (Wildman–Crippen LogP) is 2.01. The number of amides is 3. The van der Waals surface area contributed by atoms with Crippen molar-refractivity contribution in [3.05, 3.63) is 65.1 Å². The summed E-state index contributed by atoms with van der Waals surface area (Å²) in [5.41, 5.74) is 1.80. The average molecular weight is 536 g/mol. The van der Waals surface area contributed by atoms with Crippen LogP contribution in [-0.4, -0.2) is 77.6 Å². The van der Waals surface area contributed by atoms with E-state index >= 15 is 0 Å². The highest BCUT2D eigenvalue weighted by Gasteiger charge is 2.52. The Bertz CT molecular complexity index is 1210. The van der Waals surface area contributed by atoms with Crippen molar-refractivity contribution in [1.29, 1.82) is 0 Å². The number of fused-ring (bicyclic) bond motifs is 1. The Morgan fingerprint density at radius 1 is 1.03 bits per heavy atom. The van der Waals surface area contributed by atoms with Gasteiger partial charge >= 0.3 is 0 Å². The first-order valence-electron chi connectivity index (χ1n) is 13.6. The van der Waals surface area contributed by atoms with Crippen LogP contribution in [-0.2, 0) is 9.59 Å². The van der Waals surface area contributed by atoms with E-state index in [4.69, 9.17) is 0 Å². The summed E-state index contributed by atoms with van der Waals surface area (Å²) in [5, 5.41) is 14.3. The van der Waals surface area contributed by atoms with Gasteiger partial charge in [0.2, 0.25) is 5.91 Å². The normalized spacial score (nSPS) is 19.3. The summed E-state index contributed by atoms with van der Waals surface area (Å²) in [6, 6.07) is 8.20. The monoisotopic (exact) mass is 535 g/mol. The second-order valence-corrected chi connectivity index (χ2v) is 10.6. The Morgan fingerprint density at radius 2 is 1.67 bits per heavy atom. The number of benzene rings is 1. The van der Waals surface area contributed by atoms with Crippen LogP contribution >= 0.6 is 0 Å². The van der Waals surface area contributed by atoms with Crippen LogP contribution in [0.5, 0.6) is 0 Å². The summed E-state index contributed by atoms with van der Waals surface area (Å²) in [6.07, 6.45) is 3.37. The number of likely N-dealkylation sites (tertiary alicyclic amines) is 2. The van der Waals surface area contributed by atoms with Crippen molar-refractivity contribution < 1.29 is 23.9 Å². The van der Waals surface area contributed by atoms with E-state index in [-0.39, 0.29) is 36.0 Å². The first-order valence-corrected chi connectivity index (χ1v) is 13.6. The largest absolute Gasteiger partial charge is 0.619 e. The van der Waals surface area contributed by atoms with Crippen LogP contribution in [0.25, 0.3) is 0 Å². The molecule has 0 radical (unpaired) electrons. The number of nitrogens with one attached hydrogen (secondary N) is 1. The van der Waals surface area contributed by atoms with Crippen LogP contribution in [0.15, 0.2) is 48.8 Å². The topological polar surface area (TPSA) is 117 Å². The minimum atomic E-state index is -0.794. The third-order valence-electron chi connectivity index (χ3n) is 7.58. The Labute approximate surface area is 229 Å². The fourth-order valence-corrected chi connectivity index (χ4v) is 5.61. The van der Waals surface area contributed by atoms with Crippen LogP contribution < -0.4 is 14.9 Å². The van der Waals surface area contributed by atoms with Gasteiger partial charge < -0.3 is 25.2 Å². The molecule has 2 aliphatic rings. The number of carbonyl (C=O) groups is 4. The highest BCUT2D eigenvalue weighted by Crippen LogP contribution is 2.32. The van der Waals surface area contributed by atoms with E-state index in [0.29, 0.717) is 35.2 Å². The third kappa shape index (κ3) is 5.89. The quantitative estimate of drug-likeness (QED) is 0.388. The van der Waals surface area contributed by atoms with E-state index in [2.05, 4.69) is 24.1 Å². The van der Waals surface area contributed by atoms with Crippen molar-refractivity contribution in [2.24, 2.45) is 5.92 Å². The molecule has 2 saturated heterocycles. The summed E-state index contributed by atoms with van der Waals surface area (Å²) in [5.74, 6) is -1.06. The van der Waals surface area contributed by atoms with Gasteiger partial charge in [0.25, 0.3) is 11.8 Å². The molecule has 0 spiro atoms. The van der Waals surface area contributed by atoms with Gasteiger partial charge in [-0.1, -0.05) is 13.8 Å². The van der Waals surface area contributed by atoms with Crippen LogP contribution in [0.2, 0.25) is 0 Å². The molecule has 0 aliphatic carbocycles. The highest BCUT2D eigenvalue weighted by atomic mass is 16.5. The maximum Gasteiger partial charge on any atom is 0.255 e. The van der Waals surface area contributed by atoms with Gasteiger partial charge in [-0.3, -0.25) is 19.2 Å². The second-order valence-electron chi connectivity index (χ2n) is 10.6. The molecule has 4 rings (SSSR count). The molecule has 0 saturated carbocycles. The van der Waals surface area contributed by atoms with Crippen molar-refractivity contribution in [2.45, 2.75) is 58.7 Å². The first-order chi connectivity index (χ1) is 18.6. The predicted molar refractivity (Wildman–Crippen MR) is 146 cm³/mol. The van der Waals surface area contributed by atoms with E-state index in [9.17, 15) is 24.4 Å². The molecule has 1 aromatic heterocycles. The van der Waals surface area contributed by atoms with Crippen molar-refractivity contribution in [3.63, 3.8) is 0 Å². The Hall–Kier alpha value is -3.95. The number of ketones is 1. The Morgan fingerprint density at radius 3 is 2.26 bits per heavy atom. The highest BCUT2D eigenvalue weighted by molar-refractivity contribution is 6.03. The van der Waals surface area contributed by atoms with Gasteiger partial charge in [-0.2, -0.15) is 4.73 Å². The number of anilines is 1. The number of carbonyl (C=O) groups excluding carboxylic acids is 4. The minimum Gasteiger partial charge on any atom is -0.619 e. The van der Waals surface area contributed by atoms with E-state index in [0.717, 1.165) is 18.8 Å². The lowest BCUT2D eigenvalue weighted by molar-refractivity contribution is -0.605. The van der Waals surface area contributed by atoms with Gasteiger partial charge in [0.15, 0.2) is 18.2 Å². The van der Waals surface area contributed by atoms with E-state index in [1.165, 1.54) is 34.3 Å². The van der Waals surface area contributed by atoms with E-state index in [1.54, 1.807) is 12.1 Å². The number of hydrogen-bond acceptors (Lipinski definition) is 6. The zero-order valence-electron chi connectivity index (χ0n) is 23.0. The maximum atomic E-state index is 13.8. The van der Waals surface area contributed by atoms with Gasteiger partial charge in [-0.05, 0) is 56.9 Å². The lowest BCUT2D eigenvalue weighted by atomic mass is 10.0. The maximum absolute atomic E-state index is 13.8. The molecule has 2 fully saturated rings. The smallest absolute Gasteiger partial charge is 0.255 e. The Kier molecular flexibility index (Phi) is 8.52. The summed E-state index contributed by atoms with van der Waals surface area (Å²) in [4.78, 5) is 58.3. The van der Waals surface area contributed by atoms with Gasteiger partial charge in [-0.15, -0.1) is 0 Å². The minimum absolute atomic E-state index is 0.0929. The number of nitrogens with zero attached hydrogens (tertiary/aromatic N) is 4. The number of aromatic nitrogens is 1. The lowest BCUT2D eigenvalue weighted by Crippen LogP contribution is -2.53. The lowest BCUT2D eigenvalue weighted by Gasteiger charge is -2.29. The van der Waals surface area contributed by atoms with Crippen LogP contribution in [0.1, 0.15) is 61.3 Å². The summed E-state index contributed by atoms with van der Waals surface area (Å²) in [7, 11) is 0. The van der Waals surface area contributed by atoms with Crippen molar-refractivity contribution >= 4 is 29.2 Å². The van der Waals surface area contributed by atoms with Crippen molar-refractivity contribution in [3.8, 4) is 0 Å². The Balaban J connectivity index is 1.48. The summed E-state index contributed by atoms with van der Waals surface area (Å²) >= 11 is 0. The zero-order chi connectivity index (χ0) is 28.3. The van der Waals surface area contributed by atoms with Gasteiger partial charge in [0.1, 0.15) is 12.1 Å². The van der Waals surface area contributed by atoms with Gasteiger partial charge in [0.05, 0.1) is 18.2 Å². The van der Waals surface area contributed by atoms with Crippen LogP contribution in [0, 0.1) is 11.1 Å². The summed E-state index contributed by atoms with van der Waals surface area (Å²) in [6.45, 7) is 10.0. The van der Waals surface area contributed by atoms with E-state index < -0.39 is 18.1 Å². The number of rotatable bonds is 9.